The number of imidazole rings is 1. The lowest BCUT2D eigenvalue weighted by atomic mass is 9.86. The summed E-state index contributed by atoms with van der Waals surface area (Å²) in [5.41, 5.74) is 2.33. The second kappa shape index (κ2) is 6.87. The van der Waals surface area contributed by atoms with E-state index in [-0.39, 0.29) is 12.0 Å². The van der Waals surface area contributed by atoms with Crippen LogP contribution in [0, 0.1) is 17.2 Å². The quantitative estimate of drug-likeness (QED) is 0.451. The summed E-state index contributed by atoms with van der Waals surface area (Å²) in [6.07, 6.45) is 2.38. The molecule has 1 aromatic carbocycles. The molecular formula is C22H18F3N5. The van der Waals surface area contributed by atoms with Crippen molar-refractivity contribution >= 4 is 22.1 Å². The lowest BCUT2D eigenvalue weighted by Crippen LogP contribution is -2.18. The van der Waals surface area contributed by atoms with E-state index in [9.17, 15) is 18.4 Å². The van der Waals surface area contributed by atoms with Crippen molar-refractivity contribution in [1.82, 2.24) is 19.5 Å². The molecule has 1 fully saturated rings. The van der Waals surface area contributed by atoms with Crippen molar-refractivity contribution in [3.8, 4) is 17.5 Å². The van der Waals surface area contributed by atoms with Gasteiger partial charge >= 0.3 is 6.18 Å². The fourth-order valence-electron chi connectivity index (χ4n) is 4.42. The average Bonchev–Trinajstić information content (AvgIpc) is 3.37. The van der Waals surface area contributed by atoms with Gasteiger partial charge < -0.3 is 9.55 Å². The SMILES string of the molecule is N#CC1CCC(n2c(-c3ccc(C(F)(F)F)cc3)nc3cnc4[nH]ccc4c32)CC1. The van der Waals surface area contributed by atoms with Gasteiger partial charge in [0, 0.05) is 29.1 Å². The number of nitrogens with zero attached hydrogens (tertiary/aromatic N) is 4. The summed E-state index contributed by atoms with van der Waals surface area (Å²) < 4.78 is 41.2. The number of hydrogen-bond donors (Lipinski definition) is 1. The molecule has 30 heavy (non-hydrogen) atoms. The zero-order valence-electron chi connectivity index (χ0n) is 15.9. The van der Waals surface area contributed by atoms with E-state index in [1.807, 2.05) is 12.3 Å². The minimum absolute atomic E-state index is 0.0551. The van der Waals surface area contributed by atoms with Gasteiger partial charge in [0.1, 0.15) is 17.0 Å². The molecule has 8 heteroatoms. The molecule has 0 radical (unpaired) electrons. The number of aromatic amines is 1. The first-order valence-corrected chi connectivity index (χ1v) is 9.87. The van der Waals surface area contributed by atoms with E-state index in [4.69, 9.17) is 4.98 Å². The maximum atomic E-state index is 13.0. The van der Waals surface area contributed by atoms with Crippen molar-refractivity contribution in [1.29, 1.82) is 5.26 Å². The standard InChI is InChI=1S/C22H18F3N5/c23-22(24,25)15-5-3-14(4-6-15)21-29-18-12-28-20-17(9-10-27-20)19(18)30(21)16-7-1-13(11-26)2-8-16/h3-6,9-10,12-13,16H,1-2,7-8H2,(H,27,28). The predicted molar refractivity (Wildman–Crippen MR) is 106 cm³/mol. The Labute approximate surface area is 170 Å². The monoisotopic (exact) mass is 409 g/mol. The van der Waals surface area contributed by atoms with Crippen LogP contribution in [0.2, 0.25) is 0 Å². The van der Waals surface area contributed by atoms with Crippen molar-refractivity contribution in [3.63, 3.8) is 0 Å². The first-order chi connectivity index (χ1) is 14.5. The van der Waals surface area contributed by atoms with Crippen LogP contribution < -0.4 is 0 Å². The van der Waals surface area contributed by atoms with Crippen molar-refractivity contribution in [2.45, 2.75) is 37.9 Å². The zero-order chi connectivity index (χ0) is 20.9. The molecule has 0 unspecified atom stereocenters. The third-order valence-electron chi connectivity index (χ3n) is 5.95. The molecule has 5 nitrogen and oxygen atoms in total. The van der Waals surface area contributed by atoms with E-state index < -0.39 is 11.7 Å². The number of hydrogen-bond acceptors (Lipinski definition) is 3. The maximum Gasteiger partial charge on any atom is 0.416 e. The van der Waals surface area contributed by atoms with Gasteiger partial charge in [-0.2, -0.15) is 18.4 Å². The molecule has 4 aromatic rings. The Kier molecular flexibility index (Phi) is 4.28. The molecule has 0 bridgehead atoms. The lowest BCUT2D eigenvalue weighted by Gasteiger charge is -2.28. The topological polar surface area (TPSA) is 70.3 Å². The Morgan fingerprint density at radius 3 is 2.47 bits per heavy atom. The summed E-state index contributed by atoms with van der Waals surface area (Å²) in [7, 11) is 0. The molecule has 0 spiro atoms. The number of rotatable bonds is 2. The van der Waals surface area contributed by atoms with Crippen LogP contribution in [-0.2, 0) is 6.18 Å². The molecule has 3 heterocycles. The molecule has 152 valence electrons. The molecule has 5 rings (SSSR count). The fraction of sp³-hybridized carbons (Fsp3) is 0.318. The number of fused-ring (bicyclic) bond motifs is 3. The second-order valence-corrected chi connectivity index (χ2v) is 7.75. The van der Waals surface area contributed by atoms with Gasteiger partial charge in [-0.3, -0.25) is 0 Å². The summed E-state index contributed by atoms with van der Waals surface area (Å²) >= 11 is 0. The number of nitrogens with one attached hydrogen (secondary N) is 1. The fourth-order valence-corrected chi connectivity index (χ4v) is 4.42. The number of alkyl halides is 3. The van der Waals surface area contributed by atoms with E-state index >= 15 is 0 Å². The van der Waals surface area contributed by atoms with Gasteiger partial charge in [-0.1, -0.05) is 12.1 Å². The van der Waals surface area contributed by atoms with Crippen molar-refractivity contribution in [2.24, 2.45) is 5.92 Å². The summed E-state index contributed by atoms with van der Waals surface area (Å²) in [6.45, 7) is 0. The lowest BCUT2D eigenvalue weighted by molar-refractivity contribution is -0.137. The van der Waals surface area contributed by atoms with E-state index in [2.05, 4.69) is 20.6 Å². The van der Waals surface area contributed by atoms with Gasteiger partial charge in [-0.15, -0.1) is 0 Å². The predicted octanol–water partition coefficient (Wildman–Crippen LogP) is 5.85. The van der Waals surface area contributed by atoms with Crippen LogP contribution >= 0.6 is 0 Å². The van der Waals surface area contributed by atoms with Crippen molar-refractivity contribution in [3.05, 3.63) is 48.3 Å². The van der Waals surface area contributed by atoms with Crippen LogP contribution in [-0.4, -0.2) is 19.5 Å². The highest BCUT2D eigenvalue weighted by Crippen LogP contribution is 2.40. The summed E-state index contributed by atoms with van der Waals surface area (Å²) in [4.78, 5) is 12.3. The van der Waals surface area contributed by atoms with Gasteiger partial charge in [0.25, 0.3) is 0 Å². The van der Waals surface area contributed by atoms with Crippen LogP contribution in [0.25, 0.3) is 33.5 Å². The Morgan fingerprint density at radius 1 is 1.07 bits per heavy atom. The van der Waals surface area contributed by atoms with Crippen LogP contribution in [0.1, 0.15) is 37.3 Å². The third-order valence-corrected chi connectivity index (χ3v) is 5.95. The first-order valence-electron chi connectivity index (χ1n) is 9.87. The number of aromatic nitrogens is 4. The zero-order valence-corrected chi connectivity index (χ0v) is 15.9. The van der Waals surface area contributed by atoms with Crippen LogP contribution in [0.15, 0.2) is 42.7 Å². The number of benzene rings is 1. The Balaban J connectivity index is 1.69. The molecular weight excluding hydrogens is 391 g/mol. The number of pyridine rings is 1. The van der Waals surface area contributed by atoms with Crippen molar-refractivity contribution < 1.29 is 13.2 Å². The minimum atomic E-state index is -4.38. The molecule has 3 aromatic heterocycles. The average molecular weight is 409 g/mol. The summed E-state index contributed by atoms with van der Waals surface area (Å²) in [5.74, 6) is 0.689. The van der Waals surface area contributed by atoms with Crippen LogP contribution in [0.3, 0.4) is 0 Å². The molecule has 1 saturated carbocycles. The number of nitriles is 1. The molecule has 1 N–H and O–H groups in total. The minimum Gasteiger partial charge on any atom is -0.346 e. The summed E-state index contributed by atoms with van der Waals surface area (Å²) in [5, 5.41) is 10.2. The smallest absolute Gasteiger partial charge is 0.346 e. The van der Waals surface area contributed by atoms with Gasteiger partial charge in [0.05, 0.1) is 23.3 Å². The molecule has 0 aliphatic heterocycles. The van der Waals surface area contributed by atoms with Gasteiger partial charge in [0.2, 0.25) is 0 Å². The van der Waals surface area contributed by atoms with E-state index in [0.29, 0.717) is 16.9 Å². The van der Waals surface area contributed by atoms with Crippen LogP contribution in [0.4, 0.5) is 13.2 Å². The highest BCUT2D eigenvalue weighted by Gasteiger charge is 2.31. The highest BCUT2D eigenvalue weighted by molar-refractivity contribution is 6.02. The molecule has 1 aliphatic rings. The third kappa shape index (κ3) is 3.02. The van der Waals surface area contributed by atoms with E-state index in [0.717, 1.165) is 54.4 Å². The number of H-pyrrole nitrogens is 1. The Morgan fingerprint density at radius 2 is 1.80 bits per heavy atom. The van der Waals surface area contributed by atoms with E-state index in [1.54, 1.807) is 6.20 Å². The van der Waals surface area contributed by atoms with E-state index in [1.165, 1.54) is 12.1 Å². The highest BCUT2D eigenvalue weighted by atomic mass is 19.4. The normalized spacial score (nSPS) is 19.9. The molecule has 1 aliphatic carbocycles. The van der Waals surface area contributed by atoms with Gasteiger partial charge in [-0.25, -0.2) is 9.97 Å². The largest absolute Gasteiger partial charge is 0.416 e. The van der Waals surface area contributed by atoms with Gasteiger partial charge in [-0.05, 0) is 43.9 Å². The summed E-state index contributed by atoms with van der Waals surface area (Å²) in [6, 6.07) is 9.56. The molecule has 0 amide bonds. The van der Waals surface area contributed by atoms with Gasteiger partial charge in [0.15, 0.2) is 0 Å². The Hall–Kier alpha value is -3.34. The first kappa shape index (κ1) is 18.7. The van der Waals surface area contributed by atoms with Crippen molar-refractivity contribution in [2.75, 3.05) is 0 Å². The Bertz CT molecular complexity index is 1250. The van der Waals surface area contributed by atoms with Crippen LogP contribution in [0.5, 0.6) is 0 Å². The second-order valence-electron chi connectivity index (χ2n) is 7.75. The molecule has 0 saturated heterocycles. The maximum absolute atomic E-state index is 13.0. The molecule has 0 atom stereocenters. The number of halogens is 3.